The maximum atomic E-state index is 14.1. The predicted molar refractivity (Wildman–Crippen MR) is 155 cm³/mol. The second-order valence-electron chi connectivity index (χ2n) is 11.0. The third kappa shape index (κ3) is 12.0. The number of nitrogens with one attached hydrogen (secondary N) is 2. The zero-order valence-corrected chi connectivity index (χ0v) is 25.4. The molecule has 2 unspecified atom stereocenters. The third-order valence-corrected chi connectivity index (χ3v) is 6.56. The molecule has 0 spiro atoms. The number of aromatic hydroxyl groups is 1. The molecule has 0 saturated carbocycles. The van der Waals surface area contributed by atoms with Gasteiger partial charge in [-0.25, -0.2) is 4.79 Å². The molecule has 1 aromatic carbocycles. The zero-order valence-electron chi connectivity index (χ0n) is 24.6. The van der Waals surface area contributed by atoms with E-state index in [4.69, 9.17) is 4.74 Å². The fourth-order valence-corrected chi connectivity index (χ4v) is 4.55. The van der Waals surface area contributed by atoms with Crippen LogP contribution in [0.3, 0.4) is 0 Å². The number of ether oxygens (including phenoxy) is 1. The molecule has 1 rings (SSSR count). The average Bonchev–Trinajstić information content (AvgIpc) is 2.80. The summed E-state index contributed by atoms with van der Waals surface area (Å²) in [7, 11) is 0. The van der Waals surface area contributed by atoms with Crippen LogP contribution in [0.15, 0.2) is 18.2 Å². The second kappa shape index (κ2) is 16.5. The largest absolute Gasteiger partial charge is 0.508 e. The summed E-state index contributed by atoms with van der Waals surface area (Å²) in [5.41, 5.74) is 0.520. The fraction of sp³-hybridized carbons (Fsp3) is 0.690. The number of alkyl carbamates (subject to hydrolysis) is 1. The maximum Gasteiger partial charge on any atom is 0.408 e. The molecular weight excluding hydrogens is 502 g/mol. The maximum absolute atomic E-state index is 14.1. The molecule has 0 radical (unpaired) electrons. The Kier molecular flexibility index (Phi) is 14.6. The Bertz CT molecular complexity index is 901. The van der Waals surface area contributed by atoms with Crippen LogP contribution in [-0.4, -0.2) is 64.2 Å². The molecule has 3 amide bonds. The summed E-state index contributed by atoms with van der Waals surface area (Å²) in [6.45, 7) is 13.3. The molecule has 0 aliphatic heterocycles. The van der Waals surface area contributed by atoms with Gasteiger partial charge in [-0.3, -0.25) is 9.59 Å². The van der Waals surface area contributed by atoms with Crippen LogP contribution in [0.5, 0.6) is 5.75 Å². The van der Waals surface area contributed by atoms with E-state index in [0.29, 0.717) is 29.8 Å². The van der Waals surface area contributed by atoms with Crippen molar-refractivity contribution >= 4 is 29.7 Å². The molecule has 0 heterocycles. The Morgan fingerprint density at radius 2 is 1.74 bits per heavy atom. The first kappa shape index (κ1) is 33.6. The molecule has 8 nitrogen and oxygen atoms in total. The zero-order chi connectivity index (χ0) is 28.9. The van der Waals surface area contributed by atoms with E-state index < -0.39 is 23.8 Å². The molecule has 2 atom stereocenters. The van der Waals surface area contributed by atoms with Crippen LogP contribution in [0, 0.1) is 6.92 Å². The van der Waals surface area contributed by atoms with Gasteiger partial charge in [-0.05, 0) is 89.7 Å². The highest BCUT2D eigenvalue weighted by atomic mass is 32.2. The lowest BCUT2D eigenvalue weighted by Gasteiger charge is -2.35. The summed E-state index contributed by atoms with van der Waals surface area (Å²) in [6, 6.07) is 3.09. The van der Waals surface area contributed by atoms with Crippen molar-refractivity contribution < 1.29 is 24.2 Å². The number of nitrogens with zero attached hydrogens (tertiary/aromatic N) is 1. The number of carbonyl (C=O) groups is 3. The summed E-state index contributed by atoms with van der Waals surface area (Å²) in [6.07, 6.45) is 6.60. The Morgan fingerprint density at radius 3 is 2.29 bits per heavy atom. The number of aryl methyl sites for hydroxylation is 1. The first-order chi connectivity index (χ1) is 17.8. The molecule has 38 heavy (non-hydrogen) atoms. The van der Waals surface area contributed by atoms with Crippen LogP contribution >= 0.6 is 11.8 Å². The average molecular weight is 552 g/mol. The normalized spacial score (nSPS) is 13.1. The van der Waals surface area contributed by atoms with Gasteiger partial charge in [0.1, 0.15) is 23.4 Å². The number of hydrogen-bond acceptors (Lipinski definition) is 6. The molecule has 0 bridgehead atoms. The number of phenols is 1. The SMILES string of the molecule is CCCCCCCN(C(=O)C(CCSC)NC(=O)OC(C)(C)C)C(C(=O)NC(C)C)c1ccc(O)c(C)c1. The lowest BCUT2D eigenvalue weighted by molar-refractivity contribution is -0.142. The smallest absolute Gasteiger partial charge is 0.408 e. The molecular formula is C29H49N3O5S. The van der Waals surface area contributed by atoms with Crippen LogP contribution in [0.25, 0.3) is 0 Å². The topological polar surface area (TPSA) is 108 Å². The van der Waals surface area contributed by atoms with Gasteiger partial charge in [0.25, 0.3) is 0 Å². The minimum atomic E-state index is -0.910. The van der Waals surface area contributed by atoms with E-state index in [0.717, 1.165) is 32.1 Å². The Hall–Kier alpha value is -2.42. The van der Waals surface area contributed by atoms with Gasteiger partial charge in [-0.15, -0.1) is 0 Å². The van der Waals surface area contributed by atoms with Crippen molar-refractivity contribution in [3.8, 4) is 5.75 Å². The number of benzene rings is 1. The van der Waals surface area contributed by atoms with E-state index in [1.54, 1.807) is 62.6 Å². The molecule has 9 heteroatoms. The number of amides is 3. The van der Waals surface area contributed by atoms with E-state index in [1.165, 1.54) is 0 Å². The van der Waals surface area contributed by atoms with Gasteiger partial charge in [-0.2, -0.15) is 11.8 Å². The number of carbonyl (C=O) groups excluding carboxylic acids is 3. The van der Waals surface area contributed by atoms with Gasteiger partial charge in [-0.1, -0.05) is 38.7 Å². The summed E-state index contributed by atoms with van der Waals surface area (Å²) in [5, 5.41) is 15.8. The molecule has 0 fully saturated rings. The molecule has 0 aliphatic carbocycles. The van der Waals surface area contributed by atoms with E-state index in [9.17, 15) is 19.5 Å². The van der Waals surface area contributed by atoms with Crippen molar-refractivity contribution in [2.24, 2.45) is 0 Å². The van der Waals surface area contributed by atoms with Crippen molar-refractivity contribution in [2.45, 2.75) is 111 Å². The molecule has 1 aromatic rings. The fourth-order valence-electron chi connectivity index (χ4n) is 4.08. The highest BCUT2D eigenvalue weighted by Crippen LogP contribution is 2.28. The molecule has 0 saturated heterocycles. The lowest BCUT2D eigenvalue weighted by Crippen LogP contribution is -2.54. The van der Waals surface area contributed by atoms with E-state index in [-0.39, 0.29) is 23.6 Å². The minimum Gasteiger partial charge on any atom is -0.508 e. The van der Waals surface area contributed by atoms with E-state index >= 15 is 0 Å². The summed E-state index contributed by atoms with van der Waals surface area (Å²) < 4.78 is 5.44. The Balaban J connectivity index is 3.48. The van der Waals surface area contributed by atoms with E-state index in [1.807, 2.05) is 20.1 Å². The number of unbranched alkanes of at least 4 members (excludes halogenated alkanes) is 4. The van der Waals surface area contributed by atoms with Gasteiger partial charge in [0.05, 0.1) is 0 Å². The van der Waals surface area contributed by atoms with Gasteiger partial charge in [0.15, 0.2) is 0 Å². The molecule has 0 aliphatic rings. The summed E-state index contributed by atoms with van der Waals surface area (Å²) >= 11 is 1.58. The van der Waals surface area contributed by atoms with Crippen molar-refractivity contribution in [1.82, 2.24) is 15.5 Å². The third-order valence-electron chi connectivity index (χ3n) is 5.91. The van der Waals surface area contributed by atoms with E-state index in [2.05, 4.69) is 17.6 Å². The highest BCUT2D eigenvalue weighted by Gasteiger charge is 2.36. The molecule has 216 valence electrons. The first-order valence-corrected chi connectivity index (χ1v) is 15.1. The van der Waals surface area contributed by atoms with Crippen molar-refractivity contribution in [3.63, 3.8) is 0 Å². The van der Waals surface area contributed by atoms with Crippen LogP contribution in [0.4, 0.5) is 4.79 Å². The number of thioether (sulfide) groups is 1. The second-order valence-corrected chi connectivity index (χ2v) is 12.0. The first-order valence-electron chi connectivity index (χ1n) is 13.7. The van der Waals surface area contributed by atoms with Crippen LogP contribution in [-0.2, 0) is 14.3 Å². The van der Waals surface area contributed by atoms with Crippen LogP contribution < -0.4 is 10.6 Å². The quantitative estimate of drug-likeness (QED) is 0.241. The monoisotopic (exact) mass is 551 g/mol. The molecule has 0 aromatic heterocycles. The summed E-state index contributed by atoms with van der Waals surface area (Å²) in [5.74, 6) is 0.152. The van der Waals surface area contributed by atoms with Gasteiger partial charge < -0.3 is 25.4 Å². The number of phenolic OH excluding ortho intramolecular Hbond substituents is 1. The standard InChI is InChI=1S/C29H49N3O5S/c1-9-10-11-12-13-17-32(27(35)23(16-18-38-8)31-28(36)37-29(5,6)7)25(26(34)30-20(2)3)22-14-15-24(33)21(4)19-22/h14-15,19-20,23,25,33H,9-13,16-18H2,1-8H3,(H,30,34)(H,31,36). The Labute approximate surface area is 233 Å². The number of rotatable bonds is 15. The minimum absolute atomic E-state index is 0.124. The van der Waals surface area contributed by atoms with Crippen molar-refractivity contribution in [3.05, 3.63) is 29.3 Å². The highest BCUT2D eigenvalue weighted by molar-refractivity contribution is 7.98. The van der Waals surface area contributed by atoms with Gasteiger partial charge >= 0.3 is 6.09 Å². The van der Waals surface area contributed by atoms with Gasteiger partial charge in [0, 0.05) is 12.6 Å². The van der Waals surface area contributed by atoms with Crippen molar-refractivity contribution in [1.29, 1.82) is 0 Å². The predicted octanol–water partition coefficient (Wildman–Crippen LogP) is 5.71. The summed E-state index contributed by atoms with van der Waals surface area (Å²) in [4.78, 5) is 42.0. The van der Waals surface area contributed by atoms with Crippen molar-refractivity contribution in [2.75, 3.05) is 18.6 Å². The van der Waals surface area contributed by atoms with Crippen LogP contribution in [0.2, 0.25) is 0 Å². The lowest BCUT2D eigenvalue weighted by atomic mass is 9.99. The number of hydrogen-bond donors (Lipinski definition) is 3. The van der Waals surface area contributed by atoms with Gasteiger partial charge in [0.2, 0.25) is 11.8 Å². The molecule has 3 N–H and O–H groups in total. The van der Waals surface area contributed by atoms with Crippen LogP contribution in [0.1, 0.15) is 97.2 Å². The Morgan fingerprint density at radius 1 is 1.08 bits per heavy atom.